The molecular formula is C23H18. The van der Waals surface area contributed by atoms with Crippen molar-refractivity contribution in [1.82, 2.24) is 0 Å². The molecule has 0 heteroatoms. The molecule has 0 bridgehead atoms. The second-order valence-corrected chi connectivity index (χ2v) is 6.18. The van der Waals surface area contributed by atoms with E-state index in [4.69, 9.17) is 0 Å². The third-order valence-corrected chi connectivity index (χ3v) is 4.42. The highest BCUT2D eigenvalue weighted by Gasteiger charge is 2.15. The van der Waals surface area contributed by atoms with Crippen LogP contribution in [0, 0.1) is 13.8 Å². The predicted molar refractivity (Wildman–Crippen MR) is 99.2 cm³/mol. The van der Waals surface area contributed by atoms with Crippen LogP contribution in [0.1, 0.15) is 22.3 Å². The Morgan fingerprint density at radius 3 is 2.22 bits per heavy atom. The minimum Gasteiger partial charge on any atom is -0.120 e. The molecule has 1 aliphatic carbocycles. The molecule has 0 radical (unpaired) electrons. The number of benzene rings is 3. The standard InChI is InChI=1S/C23H18/c1-16-9-12-19(13-10-16)21-8-4-7-20-6-3-5-18-14-11-17(2)15-22(18)23(20)21/h4-15H,1-2H3. The quantitative estimate of drug-likeness (QED) is 0.363. The summed E-state index contributed by atoms with van der Waals surface area (Å²) in [6.07, 6.45) is 4.16. The molecule has 0 amide bonds. The van der Waals surface area contributed by atoms with Gasteiger partial charge in [0.25, 0.3) is 0 Å². The van der Waals surface area contributed by atoms with Crippen LogP contribution in [0.2, 0.25) is 0 Å². The number of hydrogen-bond acceptors (Lipinski definition) is 0. The van der Waals surface area contributed by atoms with Gasteiger partial charge in [-0.15, -0.1) is 5.73 Å². The van der Waals surface area contributed by atoms with Crippen LogP contribution in [0.3, 0.4) is 0 Å². The molecule has 0 N–H and O–H groups in total. The van der Waals surface area contributed by atoms with Gasteiger partial charge in [-0.3, -0.25) is 0 Å². The van der Waals surface area contributed by atoms with E-state index in [2.05, 4.69) is 92.4 Å². The molecule has 3 aromatic rings. The number of hydrogen-bond donors (Lipinski definition) is 0. The second kappa shape index (κ2) is 5.43. The van der Waals surface area contributed by atoms with Gasteiger partial charge in [-0.05, 0) is 59.4 Å². The van der Waals surface area contributed by atoms with E-state index in [0.29, 0.717) is 0 Å². The van der Waals surface area contributed by atoms with E-state index in [1.54, 1.807) is 0 Å². The van der Waals surface area contributed by atoms with Crippen LogP contribution >= 0.6 is 0 Å². The van der Waals surface area contributed by atoms with Gasteiger partial charge < -0.3 is 0 Å². The lowest BCUT2D eigenvalue weighted by atomic mass is 9.88. The molecule has 110 valence electrons. The first-order chi connectivity index (χ1) is 11.2. The molecule has 0 fully saturated rings. The summed E-state index contributed by atoms with van der Waals surface area (Å²) in [5, 5.41) is 0. The highest BCUT2D eigenvalue weighted by atomic mass is 14.2. The van der Waals surface area contributed by atoms with Gasteiger partial charge in [0, 0.05) is 0 Å². The molecule has 3 aromatic carbocycles. The molecular weight excluding hydrogens is 276 g/mol. The summed E-state index contributed by atoms with van der Waals surface area (Å²) in [5.74, 6) is 0. The predicted octanol–water partition coefficient (Wildman–Crippen LogP) is 6.28. The van der Waals surface area contributed by atoms with Gasteiger partial charge in [-0.2, -0.15) is 0 Å². The monoisotopic (exact) mass is 294 g/mol. The molecule has 0 aliphatic heterocycles. The molecule has 0 atom stereocenters. The van der Waals surface area contributed by atoms with Crippen molar-refractivity contribution in [2.45, 2.75) is 13.8 Å². The summed E-state index contributed by atoms with van der Waals surface area (Å²) in [6.45, 7) is 4.27. The normalized spacial score (nSPS) is 11.7. The van der Waals surface area contributed by atoms with Crippen molar-refractivity contribution in [3.05, 3.63) is 88.6 Å². The van der Waals surface area contributed by atoms with Crippen molar-refractivity contribution in [3.8, 4) is 22.3 Å². The van der Waals surface area contributed by atoms with E-state index >= 15 is 0 Å². The van der Waals surface area contributed by atoms with Gasteiger partial charge in [-0.25, -0.2) is 0 Å². The summed E-state index contributed by atoms with van der Waals surface area (Å²) in [7, 11) is 0. The molecule has 23 heavy (non-hydrogen) atoms. The van der Waals surface area contributed by atoms with Crippen LogP contribution in [-0.2, 0) is 0 Å². The van der Waals surface area contributed by atoms with E-state index in [1.807, 2.05) is 0 Å². The van der Waals surface area contributed by atoms with Gasteiger partial charge in [0.1, 0.15) is 0 Å². The van der Waals surface area contributed by atoms with E-state index < -0.39 is 0 Å². The summed E-state index contributed by atoms with van der Waals surface area (Å²) in [5.41, 5.74) is 13.5. The number of aryl methyl sites for hydroxylation is 2. The third kappa shape index (κ3) is 2.44. The van der Waals surface area contributed by atoms with Crippen LogP contribution in [-0.4, -0.2) is 0 Å². The minimum absolute atomic E-state index is 1.23. The van der Waals surface area contributed by atoms with E-state index in [1.165, 1.54) is 44.5 Å². The molecule has 0 nitrogen and oxygen atoms in total. The summed E-state index contributed by atoms with van der Waals surface area (Å²) >= 11 is 0. The maximum absolute atomic E-state index is 3.32. The van der Waals surface area contributed by atoms with Crippen LogP contribution < -0.4 is 0 Å². The highest BCUT2D eigenvalue weighted by Crippen LogP contribution is 2.39. The fourth-order valence-corrected chi connectivity index (χ4v) is 3.20. The number of fused-ring (bicyclic) bond motifs is 3. The zero-order valence-corrected chi connectivity index (χ0v) is 13.4. The lowest BCUT2D eigenvalue weighted by molar-refractivity contribution is 1.44. The van der Waals surface area contributed by atoms with Crippen LogP contribution in [0.15, 0.2) is 66.4 Å². The Kier molecular flexibility index (Phi) is 3.26. The lowest BCUT2D eigenvalue weighted by Crippen LogP contribution is -1.92. The van der Waals surface area contributed by atoms with Gasteiger partial charge in [0.2, 0.25) is 0 Å². The van der Waals surface area contributed by atoms with Crippen LogP contribution in [0.5, 0.6) is 0 Å². The molecule has 0 saturated carbocycles. The van der Waals surface area contributed by atoms with Crippen molar-refractivity contribution >= 4 is 12.2 Å². The second-order valence-electron chi connectivity index (χ2n) is 6.18. The fraction of sp³-hybridized carbons (Fsp3) is 0.0870. The minimum atomic E-state index is 1.23. The molecule has 1 aliphatic rings. The maximum atomic E-state index is 3.32. The Balaban J connectivity index is 2.04. The highest BCUT2D eigenvalue weighted by molar-refractivity contribution is 5.94. The van der Waals surface area contributed by atoms with Crippen molar-refractivity contribution in [3.63, 3.8) is 0 Å². The molecule has 0 unspecified atom stereocenters. The Labute approximate surface area is 137 Å². The Bertz CT molecular complexity index is 950. The summed E-state index contributed by atoms with van der Waals surface area (Å²) in [6, 6.07) is 21.9. The van der Waals surface area contributed by atoms with E-state index in [9.17, 15) is 0 Å². The summed E-state index contributed by atoms with van der Waals surface area (Å²) < 4.78 is 0. The summed E-state index contributed by atoms with van der Waals surface area (Å²) in [4.78, 5) is 0. The average Bonchev–Trinajstić information content (AvgIpc) is 2.74. The molecule has 4 rings (SSSR count). The van der Waals surface area contributed by atoms with Gasteiger partial charge >= 0.3 is 0 Å². The fourth-order valence-electron chi connectivity index (χ4n) is 3.20. The van der Waals surface area contributed by atoms with Gasteiger partial charge in [0.05, 0.1) is 0 Å². The zero-order chi connectivity index (χ0) is 15.8. The topological polar surface area (TPSA) is 0 Å². The van der Waals surface area contributed by atoms with Crippen molar-refractivity contribution in [2.75, 3.05) is 0 Å². The Morgan fingerprint density at radius 2 is 1.39 bits per heavy atom. The van der Waals surface area contributed by atoms with Crippen molar-refractivity contribution < 1.29 is 0 Å². The number of rotatable bonds is 1. The third-order valence-electron chi connectivity index (χ3n) is 4.42. The molecule has 0 heterocycles. The molecule has 0 spiro atoms. The molecule has 0 aromatic heterocycles. The van der Waals surface area contributed by atoms with Crippen molar-refractivity contribution in [1.29, 1.82) is 0 Å². The first kappa shape index (κ1) is 13.8. The van der Waals surface area contributed by atoms with Crippen LogP contribution in [0.25, 0.3) is 34.4 Å². The smallest absolute Gasteiger partial charge is 0.00203 e. The van der Waals surface area contributed by atoms with E-state index in [-0.39, 0.29) is 0 Å². The maximum Gasteiger partial charge on any atom is -0.00203 e. The zero-order valence-electron chi connectivity index (χ0n) is 13.4. The first-order valence-corrected chi connectivity index (χ1v) is 7.96. The first-order valence-electron chi connectivity index (χ1n) is 7.96. The van der Waals surface area contributed by atoms with E-state index in [0.717, 1.165) is 0 Å². The van der Waals surface area contributed by atoms with Crippen LogP contribution in [0.4, 0.5) is 0 Å². The molecule has 0 saturated heterocycles. The Hall–Kier alpha value is -2.82. The SMILES string of the molecule is Cc1ccc(-c2cccc3c2-c2cc(C)ccc2C=C=C3)cc1. The lowest BCUT2D eigenvalue weighted by Gasteiger charge is -2.15. The largest absolute Gasteiger partial charge is 0.120 e. The average molecular weight is 294 g/mol. The Morgan fingerprint density at radius 1 is 0.652 bits per heavy atom. The van der Waals surface area contributed by atoms with Crippen molar-refractivity contribution in [2.24, 2.45) is 0 Å². The van der Waals surface area contributed by atoms with Gasteiger partial charge in [-0.1, -0.05) is 71.8 Å². The van der Waals surface area contributed by atoms with Gasteiger partial charge in [0.15, 0.2) is 0 Å².